The zero-order valence-electron chi connectivity index (χ0n) is 15.5. The minimum absolute atomic E-state index is 0.153. The topological polar surface area (TPSA) is 71.8 Å². The highest BCUT2D eigenvalue weighted by atomic mass is 35.5. The minimum atomic E-state index is -0.346. The lowest BCUT2D eigenvalue weighted by Crippen LogP contribution is -2.37. The number of thiocarbonyl (C=S) groups is 1. The van der Waals surface area contributed by atoms with Gasteiger partial charge in [-0.1, -0.05) is 65.8 Å². The number of rotatable bonds is 6. The van der Waals surface area contributed by atoms with Gasteiger partial charge in [0, 0.05) is 16.9 Å². The van der Waals surface area contributed by atoms with Gasteiger partial charge in [-0.3, -0.25) is 15.5 Å². The first-order valence-electron chi connectivity index (χ1n) is 8.65. The van der Waals surface area contributed by atoms with Crippen molar-refractivity contribution in [1.29, 1.82) is 0 Å². The summed E-state index contributed by atoms with van der Waals surface area (Å²) in [4.78, 5) is 12.1. The molecule has 148 valence electrons. The first-order chi connectivity index (χ1) is 14.0. The van der Waals surface area contributed by atoms with Crippen molar-refractivity contribution in [3.63, 3.8) is 0 Å². The molecule has 0 spiro atoms. The number of hydrogen-bond acceptors (Lipinski definition) is 5. The summed E-state index contributed by atoms with van der Waals surface area (Å²) in [6, 6.07) is 17.2. The van der Waals surface area contributed by atoms with Gasteiger partial charge >= 0.3 is 0 Å². The summed E-state index contributed by atoms with van der Waals surface area (Å²) < 4.78 is 1.65. The predicted octanol–water partition coefficient (Wildman–Crippen LogP) is 4.19. The highest BCUT2D eigenvalue weighted by molar-refractivity contribution is 7.98. The van der Waals surface area contributed by atoms with Crippen molar-refractivity contribution in [2.75, 3.05) is 5.43 Å². The predicted molar refractivity (Wildman–Crippen MR) is 121 cm³/mol. The number of carbonyl (C=O) groups excluding carboxylic acids is 1. The van der Waals surface area contributed by atoms with Crippen molar-refractivity contribution in [3.8, 4) is 0 Å². The number of nitrogens with zero attached hydrogens (tertiary/aromatic N) is 3. The van der Waals surface area contributed by atoms with Crippen LogP contribution in [0.1, 0.15) is 17.0 Å². The Morgan fingerprint density at radius 2 is 1.90 bits per heavy atom. The third-order valence-corrected chi connectivity index (χ3v) is 5.20. The van der Waals surface area contributed by atoms with Gasteiger partial charge in [0.05, 0.1) is 0 Å². The monoisotopic (exact) mass is 443 g/mol. The molecular formula is C20H18ClN5OS2. The van der Waals surface area contributed by atoms with Gasteiger partial charge in [0.25, 0.3) is 0 Å². The van der Waals surface area contributed by atoms with Gasteiger partial charge in [-0.15, -0.1) is 10.2 Å². The summed E-state index contributed by atoms with van der Waals surface area (Å²) in [6.45, 7) is 1.80. The van der Waals surface area contributed by atoms with E-state index in [9.17, 15) is 4.79 Å². The molecule has 0 aliphatic heterocycles. The van der Waals surface area contributed by atoms with Gasteiger partial charge in [0.2, 0.25) is 11.1 Å². The fourth-order valence-electron chi connectivity index (χ4n) is 2.32. The van der Waals surface area contributed by atoms with Crippen molar-refractivity contribution in [2.45, 2.75) is 17.8 Å². The van der Waals surface area contributed by atoms with Crippen LogP contribution in [0.15, 0.2) is 65.8 Å². The lowest BCUT2D eigenvalue weighted by molar-refractivity contribution is -0.115. The lowest BCUT2D eigenvalue weighted by atomic mass is 10.2. The lowest BCUT2D eigenvalue weighted by Gasteiger charge is -2.12. The van der Waals surface area contributed by atoms with E-state index in [1.807, 2.05) is 42.5 Å². The maximum absolute atomic E-state index is 12.1. The van der Waals surface area contributed by atoms with Crippen LogP contribution in [0.3, 0.4) is 0 Å². The Hall–Kier alpha value is -2.68. The third kappa shape index (κ3) is 6.42. The average Bonchev–Trinajstić information content (AvgIpc) is 3.06. The van der Waals surface area contributed by atoms with Gasteiger partial charge < -0.3 is 0 Å². The van der Waals surface area contributed by atoms with Crippen molar-refractivity contribution in [3.05, 3.63) is 82.6 Å². The Morgan fingerprint density at radius 3 is 2.62 bits per heavy atom. The number of amides is 1. The molecule has 29 heavy (non-hydrogen) atoms. The van der Waals surface area contributed by atoms with Gasteiger partial charge in [-0.2, -0.15) is 0 Å². The fraction of sp³-hybridized carbons (Fsp3) is 0.100. The Kier molecular flexibility index (Phi) is 7.40. The molecule has 0 aliphatic carbocycles. The molecule has 0 unspecified atom stereocenters. The highest BCUT2D eigenvalue weighted by Gasteiger charge is 2.11. The molecule has 0 saturated carbocycles. The Labute approximate surface area is 183 Å². The van der Waals surface area contributed by atoms with Gasteiger partial charge in [0.15, 0.2) is 5.11 Å². The molecule has 3 aromatic rings. The molecule has 6 nitrogen and oxygen atoms in total. The second-order valence-electron chi connectivity index (χ2n) is 5.95. The fourth-order valence-corrected chi connectivity index (χ4v) is 3.53. The number of thioether (sulfide) groups is 1. The maximum Gasteiger partial charge on any atom is 0.250 e. The van der Waals surface area contributed by atoms with Crippen LogP contribution in [0.2, 0.25) is 5.02 Å². The standard InChI is InChI=1S/C20H18ClN5OS2/c1-14-23-24-20(29-13-16-5-3-2-4-6-16)26(14)25-19(28)22-18(27)12-9-15-7-10-17(21)11-8-15/h2-12H,13H2,1H3,(H2,22,25,27,28)/b12-9+. The van der Waals surface area contributed by atoms with Crippen LogP contribution in [0.25, 0.3) is 6.08 Å². The quantitative estimate of drug-likeness (QED) is 0.338. The first kappa shape index (κ1) is 21.0. The first-order valence-corrected chi connectivity index (χ1v) is 10.4. The SMILES string of the molecule is Cc1nnc(SCc2ccccc2)n1NC(=S)NC(=O)/C=C/c1ccc(Cl)cc1. The number of aromatic nitrogens is 3. The van der Waals surface area contributed by atoms with Gasteiger partial charge in [-0.05, 0) is 48.5 Å². The van der Waals surface area contributed by atoms with Crippen molar-refractivity contribution >= 4 is 52.7 Å². The summed E-state index contributed by atoms with van der Waals surface area (Å²) in [7, 11) is 0. The largest absolute Gasteiger partial charge is 0.298 e. The molecule has 2 aromatic carbocycles. The van der Waals surface area contributed by atoms with Crippen LogP contribution in [-0.2, 0) is 10.5 Å². The van der Waals surface area contributed by atoms with Crippen LogP contribution in [0, 0.1) is 6.92 Å². The maximum atomic E-state index is 12.1. The van der Waals surface area contributed by atoms with E-state index in [1.165, 1.54) is 23.4 Å². The number of halogens is 1. The van der Waals surface area contributed by atoms with E-state index in [-0.39, 0.29) is 11.0 Å². The number of nitrogens with one attached hydrogen (secondary N) is 2. The molecule has 0 atom stereocenters. The van der Waals surface area contributed by atoms with Crippen LogP contribution in [-0.4, -0.2) is 25.9 Å². The van der Waals surface area contributed by atoms with Crippen molar-refractivity contribution in [1.82, 2.24) is 20.2 Å². The number of aryl methyl sites for hydroxylation is 1. The van der Waals surface area contributed by atoms with Gasteiger partial charge in [-0.25, -0.2) is 4.68 Å². The van der Waals surface area contributed by atoms with Gasteiger partial charge in [0.1, 0.15) is 5.82 Å². The van der Waals surface area contributed by atoms with Crippen molar-refractivity contribution < 1.29 is 4.79 Å². The molecular weight excluding hydrogens is 426 g/mol. The molecule has 0 fully saturated rings. The highest BCUT2D eigenvalue weighted by Crippen LogP contribution is 2.20. The Balaban J connectivity index is 1.56. The van der Waals surface area contributed by atoms with E-state index in [4.69, 9.17) is 23.8 Å². The van der Waals surface area contributed by atoms with Crippen LogP contribution < -0.4 is 10.7 Å². The summed E-state index contributed by atoms with van der Waals surface area (Å²) in [5.41, 5.74) is 4.98. The van der Waals surface area contributed by atoms with E-state index >= 15 is 0 Å². The van der Waals surface area contributed by atoms with Crippen molar-refractivity contribution in [2.24, 2.45) is 0 Å². The smallest absolute Gasteiger partial charge is 0.250 e. The summed E-state index contributed by atoms with van der Waals surface area (Å²) in [5, 5.41) is 12.3. The molecule has 2 N–H and O–H groups in total. The molecule has 0 aliphatic rings. The summed E-state index contributed by atoms with van der Waals surface area (Å²) in [5.74, 6) is 1.03. The molecule has 1 aromatic heterocycles. The second-order valence-corrected chi connectivity index (χ2v) is 7.74. The van der Waals surface area contributed by atoms with Crippen LogP contribution >= 0.6 is 35.6 Å². The minimum Gasteiger partial charge on any atom is -0.298 e. The zero-order chi connectivity index (χ0) is 20.6. The second kappa shape index (κ2) is 10.2. The molecule has 0 radical (unpaired) electrons. The third-order valence-electron chi connectivity index (χ3n) is 3.75. The normalized spacial score (nSPS) is 10.8. The number of carbonyl (C=O) groups is 1. The molecule has 3 rings (SSSR count). The van der Waals surface area contributed by atoms with E-state index < -0.39 is 0 Å². The molecule has 0 saturated heterocycles. The molecule has 0 bridgehead atoms. The van der Waals surface area contributed by atoms with Crippen LogP contribution in [0.5, 0.6) is 0 Å². The van der Waals surface area contributed by atoms with E-state index in [1.54, 1.807) is 29.8 Å². The summed E-state index contributed by atoms with van der Waals surface area (Å²) in [6.07, 6.45) is 3.08. The molecule has 1 amide bonds. The van der Waals surface area contributed by atoms with Crippen LogP contribution in [0.4, 0.5) is 0 Å². The number of hydrogen-bond donors (Lipinski definition) is 2. The Bertz CT molecular complexity index is 1020. The molecule has 9 heteroatoms. The number of benzene rings is 2. The van der Waals surface area contributed by atoms with E-state index in [0.717, 1.165) is 11.3 Å². The van der Waals surface area contributed by atoms with E-state index in [2.05, 4.69) is 20.9 Å². The average molecular weight is 444 g/mol. The zero-order valence-corrected chi connectivity index (χ0v) is 17.9. The van der Waals surface area contributed by atoms with E-state index in [0.29, 0.717) is 16.0 Å². The Morgan fingerprint density at radius 1 is 1.17 bits per heavy atom. The molecule has 1 heterocycles. The summed E-state index contributed by atoms with van der Waals surface area (Å²) >= 11 is 12.6.